The second kappa shape index (κ2) is 4.14. The van der Waals surface area contributed by atoms with E-state index >= 15 is 0 Å². The van der Waals surface area contributed by atoms with Crippen LogP contribution in [0.4, 0.5) is 5.69 Å². The van der Waals surface area contributed by atoms with Gasteiger partial charge in [-0.25, -0.2) is 0 Å². The lowest BCUT2D eigenvalue weighted by Gasteiger charge is -2.42. The lowest BCUT2D eigenvalue weighted by molar-refractivity contribution is -0.0379. The Morgan fingerprint density at radius 2 is 1.72 bits per heavy atom. The highest BCUT2D eigenvalue weighted by Gasteiger charge is 2.41. The van der Waals surface area contributed by atoms with Gasteiger partial charge in [-0.2, -0.15) is 0 Å². The quantitative estimate of drug-likeness (QED) is 0.818. The Hall–Kier alpha value is -1.80. The second-order valence-corrected chi connectivity index (χ2v) is 5.07. The average molecular weight is 239 g/mol. The Labute approximate surface area is 107 Å². The summed E-state index contributed by atoms with van der Waals surface area (Å²) in [5, 5.41) is 0. The van der Waals surface area contributed by atoms with Crippen molar-refractivity contribution < 1.29 is 4.74 Å². The molecular formula is C16H17NO. The molecule has 0 saturated carbocycles. The minimum Gasteiger partial charge on any atom is -0.399 e. The van der Waals surface area contributed by atoms with Crippen molar-refractivity contribution >= 4 is 5.69 Å². The minimum atomic E-state index is -0.0108. The molecule has 1 fully saturated rings. The highest BCUT2D eigenvalue weighted by Crippen LogP contribution is 2.39. The largest absolute Gasteiger partial charge is 0.399 e. The van der Waals surface area contributed by atoms with Gasteiger partial charge in [0.15, 0.2) is 0 Å². The van der Waals surface area contributed by atoms with Crippen molar-refractivity contribution in [2.75, 3.05) is 18.9 Å². The van der Waals surface area contributed by atoms with Crippen LogP contribution in [0.15, 0.2) is 48.5 Å². The number of rotatable bonds is 2. The zero-order valence-corrected chi connectivity index (χ0v) is 10.5. The molecule has 0 unspecified atom stereocenters. The molecule has 0 amide bonds. The van der Waals surface area contributed by atoms with Crippen LogP contribution in [0.2, 0.25) is 0 Å². The van der Waals surface area contributed by atoms with Crippen LogP contribution in [0, 0.1) is 6.92 Å². The molecule has 2 aromatic rings. The van der Waals surface area contributed by atoms with Crippen LogP contribution in [0.3, 0.4) is 0 Å². The van der Waals surface area contributed by atoms with E-state index in [0.29, 0.717) is 0 Å². The molecule has 0 bridgehead atoms. The van der Waals surface area contributed by atoms with E-state index in [-0.39, 0.29) is 5.41 Å². The number of hydrogen-bond donors (Lipinski definition) is 1. The van der Waals surface area contributed by atoms with Crippen LogP contribution in [-0.4, -0.2) is 13.2 Å². The molecule has 2 nitrogen and oxygen atoms in total. The van der Waals surface area contributed by atoms with E-state index in [2.05, 4.69) is 43.3 Å². The van der Waals surface area contributed by atoms with E-state index in [1.54, 1.807) is 0 Å². The molecule has 2 N–H and O–H groups in total. The standard InChI is InChI=1S/C16H17NO/c1-12-5-7-13(8-6-12)16(10-18-11-16)14-3-2-4-15(17)9-14/h2-9H,10-11,17H2,1H3. The smallest absolute Gasteiger partial charge is 0.0670 e. The third-order valence-electron chi connectivity index (χ3n) is 3.74. The summed E-state index contributed by atoms with van der Waals surface area (Å²) >= 11 is 0. The van der Waals surface area contributed by atoms with Crippen LogP contribution >= 0.6 is 0 Å². The molecule has 2 aromatic carbocycles. The lowest BCUT2D eigenvalue weighted by Crippen LogP contribution is -2.47. The fourth-order valence-corrected chi connectivity index (χ4v) is 2.52. The van der Waals surface area contributed by atoms with Crippen LogP contribution < -0.4 is 5.73 Å². The van der Waals surface area contributed by atoms with Gasteiger partial charge in [0.05, 0.1) is 18.6 Å². The van der Waals surface area contributed by atoms with Crippen molar-refractivity contribution in [3.05, 3.63) is 65.2 Å². The normalized spacial score (nSPS) is 17.2. The molecule has 18 heavy (non-hydrogen) atoms. The Morgan fingerprint density at radius 1 is 1.00 bits per heavy atom. The Bertz CT molecular complexity index is 556. The summed E-state index contributed by atoms with van der Waals surface area (Å²) < 4.78 is 5.48. The van der Waals surface area contributed by atoms with E-state index in [1.165, 1.54) is 16.7 Å². The average Bonchev–Trinajstić information content (AvgIpc) is 2.30. The maximum atomic E-state index is 5.90. The van der Waals surface area contributed by atoms with Crippen molar-refractivity contribution in [1.82, 2.24) is 0 Å². The van der Waals surface area contributed by atoms with Crippen molar-refractivity contribution in [2.45, 2.75) is 12.3 Å². The zero-order valence-electron chi connectivity index (χ0n) is 10.5. The molecule has 1 heterocycles. The molecule has 2 heteroatoms. The second-order valence-electron chi connectivity index (χ2n) is 5.07. The Morgan fingerprint density at radius 3 is 2.28 bits per heavy atom. The summed E-state index contributed by atoms with van der Waals surface area (Å²) in [5.41, 5.74) is 10.5. The maximum Gasteiger partial charge on any atom is 0.0670 e. The topological polar surface area (TPSA) is 35.2 Å². The monoisotopic (exact) mass is 239 g/mol. The summed E-state index contributed by atoms with van der Waals surface area (Å²) in [6.45, 7) is 3.58. The number of anilines is 1. The first-order valence-electron chi connectivity index (χ1n) is 6.22. The van der Waals surface area contributed by atoms with Crippen molar-refractivity contribution in [1.29, 1.82) is 0 Å². The van der Waals surface area contributed by atoms with Gasteiger partial charge in [-0.05, 0) is 30.2 Å². The van der Waals surface area contributed by atoms with Gasteiger partial charge in [0.25, 0.3) is 0 Å². The van der Waals surface area contributed by atoms with Gasteiger partial charge in [0.1, 0.15) is 0 Å². The fraction of sp³-hybridized carbons (Fsp3) is 0.250. The maximum absolute atomic E-state index is 5.90. The number of benzene rings is 2. The van der Waals surface area contributed by atoms with Crippen LogP contribution in [0.5, 0.6) is 0 Å². The van der Waals surface area contributed by atoms with Crippen LogP contribution in [0.1, 0.15) is 16.7 Å². The summed E-state index contributed by atoms with van der Waals surface area (Å²) in [6.07, 6.45) is 0. The van der Waals surface area contributed by atoms with Gasteiger partial charge in [0, 0.05) is 5.69 Å². The predicted octanol–water partition coefficient (Wildman–Crippen LogP) is 2.89. The number of hydrogen-bond acceptors (Lipinski definition) is 2. The summed E-state index contributed by atoms with van der Waals surface area (Å²) in [6, 6.07) is 16.8. The van der Waals surface area contributed by atoms with Crippen LogP contribution in [0.25, 0.3) is 0 Å². The molecule has 0 radical (unpaired) electrons. The number of aryl methyl sites for hydroxylation is 1. The first kappa shape index (κ1) is 11.3. The molecule has 1 saturated heterocycles. The van der Waals surface area contributed by atoms with E-state index in [1.807, 2.05) is 12.1 Å². The number of ether oxygens (including phenoxy) is 1. The number of nitrogen functional groups attached to an aromatic ring is 1. The van der Waals surface area contributed by atoms with Gasteiger partial charge in [0.2, 0.25) is 0 Å². The highest BCUT2D eigenvalue weighted by molar-refractivity contribution is 5.49. The minimum absolute atomic E-state index is 0.0108. The van der Waals surface area contributed by atoms with Crippen molar-refractivity contribution in [2.24, 2.45) is 0 Å². The van der Waals surface area contributed by atoms with E-state index in [0.717, 1.165) is 18.9 Å². The van der Waals surface area contributed by atoms with E-state index in [9.17, 15) is 0 Å². The Kier molecular flexibility index (Phi) is 2.60. The van der Waals surface area contributed by atoms with Gasteiger partial charge < -0.3 is 10.5 Å². The lowest BCUT2D eigenvalue weighted by atomic mass is 9.72. The zero-order chi connectivity index (χ0) is 12.6. The van der Waals surface area contributed by atoms with Crippen molar-refractivity contribution in [3.8, 4) is 0 Å². The molecule has 1 aliphatic heterocycles. The van der Waals surface area contributed by atoms with Crippen LogP contribution in [-0.2, 0) is 10.2 Å². The van der Waals surface area contributed by atoms with Crippen molar-refractivity contribution in [3.63, 3.8) is 0 Å². The Balaban J connectivity index is 2.07. The molecule has 0 atom stereocenters. The van der Waals surface area contributed by atoms with Gasteiger partial charge in [-0.15, -0.1) is 0 Å². The first-order chi connectivity index (χ1) is 8.71. The molecular weight excluding hydrogens is 222 g/mol. The first-order valence-corrected chi connectivity index (χ1v) is 6.22. The van der Waals surface area contributed by atoms with E-state index in [4.69, 9.17) is 10.5 Å². The van der Waals surface area contributed by atoms with Gasteiger partial charge in [-0.3, -0.25) is 0 Å². The molecule has 0 aliphatic carbocycles. The van der Waals surface area contributed by atoms with E-state index < -0.39 is 0 Å². The highest BCUT2D eigenvalue weighted by atomic mass is 16.5. The van der Waals surface area contributed by atoms with Gasteiger partial charge >= 0.3 is 0 Å². The van der Waals surface area contributed by atoms with Gasteiger partial charge in [-0.1, -0.05) is 42.0 Å². The fourth-order valence-electron chi connectivity index (χ4n) is 2.52. The molecule has 92 valence electrons. The summed E-state index contributed by atoms with van der Waals surface area (Å²) in [7, 11) is 0. The SMILES string of the molecule is Cc1ccc(C2(c3cccc(N)c3)COC2)cc1. The third-order valence-corrected chi connectivity index (χ3v) is 3.74. The predicted molar refractivity (Wildman–Crippen MR) is 73.6 cm³/mol. The third kappa shape index (κ3) is 1.70. The molecule has 3 rings (SSSR count). The molecule has 0 aromatic heterocycles. The molecule has 0 spiro atoms. The number of nitrogens with two attached hydrogens (primary N) is 1. The summed E-state index contributed by atoms with van der Waals surface area (Å²) in [4.78, 5) is 0. The molecule has 1 aliphatic rings. The summed E-state index contributed by atoms with van der Waals surface area (Å²) in [5.74, 6) is 0.